The van der Waals surface area contributed by atoms with Crippen molar-refractivity contribution < 1.29 is 9.21 Å². The molecule has 0 aliphatic rings. The van der Waals surface area contributed by atoms with Crippen molar-refractivity contribution in [1.29, 1.82) is 0 Å². The number of hydrogen-bond acceptors (Lipinski definition) is 3. The lowest BCUT2D eigenvalue weighted by atomic mass is 10.2. The Labute approximate surface area is 119 Å². The predicted octanol–water partition coefficient (Wildman–Crippen LogP) is 2.54. The highest BCUT2D eigenvalue weighted by Gasteiger charge is 2.11. The van der Waals surface area contributed by atoms with E-state index in [0.717, 1.165) is 10.9 Å². The molecule has 0 saturated heterocycles. The molecule has 0 bridgehead atoms. The van der Waals surface area contributed by atoms with Gasteiger partial charge in [0.15, 0.2) is 0 Å². The zero-order valence-electron chi connectivity index (χ0n) is 10.5. The Morgan fingerprint density at radius 2 is 2.25 bits per heavy atom. The van der Waals surface area contributed by atoms with E-state index < -0.39 is 0 Å². The third-order valence-electron chi connectivity index (χ3n) is 3.11. The van der Waals surface area contributed by atoms with Crippen molar-refractivity contribution in [3.8, 4) is 0 Å². The minimum atomic E-state index is -0.379. The van der Waals surface area contributed by atoms with Crippen molar-refractivity contribution in [1.82, 2.24) is 9.99 Å². The van der Waals surface area contributed by atoms with E-state index in [9.17, 15) is 4.79 Å². The molecular weight excluding hydrogens is 278 g/mol. The number of nitrogens with one attached hydrogen (secondary N) is 1. The number of rotatable bonds is 3. The lowest BCUT2D eigenvalue weighted by Gasteiger charge is -2.04. The van der Waals surface area contributed by atoms with Gasteiger partial charge >= 0.3 is 0 Å². The Bertz CT molecular complexity index is 776. The van der Waals surface area contributed by atoms with E-state index >= 15 is 0 Å². The second kappa shape index (κ2) is 5.03. The SMILES string of the molecule is NNC(=O)c1coc(Cn2ccc3cccc(Cl)c32)c1. The zero-order chi connectivity index (χ0) is 14.1. The Hall–Kier alpha value is -2.24. The van der Waals surface area contributed by atoms with Crippen molar-refractivity contribution in [2.75, 3.05) is 0 Å². The largest absolute Gasteiger partial charge is 0.467 e. The fourth-order valence-electron chi connectivity index (χ4n) is 2.18. The third-order valence-corrected chi connectivity index (χ3v) is 3.42. The quantitative estimate of drug-likeness (QED) is 0.442. The summed E-state index contributed by atoms with van der Waals surface area (Å²) in [7, 11) is 0. The van der Waals surface area contributed by atoms with Crippen LogP contribution in [0.15, 0.2) is 47.2 Å². The van der Waals surface area contributed by atoms with Gasteiger partial charge in [-0.05, 0) is 18.2 Å². The van der Waals surface area contributed by atoms with Gasteiger partial charge in [0, 0.05) is 11.6 Å². The van der Waals surface area contributed by atoms with Crippen LogP contribution in [0.5, 0.6) is 0 Å². The topological polar surface area (TPSA) is 73.2 Å². The van der Waals surface area contributed by atoms with E-state index in [0.29, 0.717) is 22.9 Å². The number of furan rings is 1. The molecule has 3 aromatic rings. The third kappa shape index (κ3) is 2.17. The highest BCUT2D eigenvalue weighted by atomic mass is 35.5. The zero-order valence-corrected chi connectivity index (χ0v) is 11.2. The van der Waals surface area contributed by atoms with Crippen molar-refractivity contribution in [3.63, 3.8) is 0 Å². The van der Waals surface area contributed by atoms with Crippen molar-refractivity contribution >= 4 is 28.4 Å². The van der Waals surface area contributed by atoms with E-state index in [2.05, 4.69) is 5.43 Å². The number of nitrogens with two attached hydrogens (primary N) is 1. The van der Waals surface area contributed by atoms with Crippen LogP contribution < -0.4 is 11.3 Å². The monoisotopic (exact) mass is 289 g/mol. The van der Waals surface area contributed by atoms with Crippen LogP contribution in [-0.2, 0) is 6.54 Å². The van der Waals surface area contributed by atoms with Crippen LogP contribution >= 0.6 is 11.6 Å². The molecule has 0 aliphatic carbocycles. The first kappa shape index (κ1) is 12.8. The van der Waals surface area contributed by atoms with Gasteiger partial charge in [-0.15, -0.1) is 0 Å². The molecule has 0 atom stereocenters. The summed E-state index contributed by atoms with van der Waals surface area (Å²) in [5, 5.41) is 1.74. The van der Waals surface area contributed by atoms with E-state index in [4.69, 9.17) is 21.9 Å². The smallest absolute Gasteiger partial charge is 0.268 e. The van der Waals surface area contributed by atoms with Gasteiger partial charge in [-0.25, -0.2) is 5.84 Å². The summed E-state index contributed by atoms with van der Waals surface area (Å²) >= 11 is 6.22. The molecule has 2 aromatic heterocycles. The summed E-state index contributed by atoms with van der Waals surface area (Å²) in [5.41, 5.74) is 3.40. The number of para-hydroxylation sites is 1. The maximum atomic E-state index is 11.4. The normalized spacial score (nSPS) is 10.9. The average Bonchev–Trinajstić information content (AvgIpc) is 3.07. The molecule has 3 rings (SSSR count). The number of hydrazine groups is 1. The first-order chi connectivity index (χ1) is 9.69. The molecular formula is C14H12ClN3O2. The lowest BCUT2D eigenvalue weighted by Crippen LogP contribution is -2.29. The van der Waals surface area contributed by atoms with Crippen molar-refractivity contribution in [2.45, 2.75) is 6.54 Å². The summed E-state index contributed by atoms with van der Waals surface area (Å²) in [4.78, 5) is 11.4. The molecule has 102 valence electrons. The first-order valence-electron chi connectivity index (χ1n) is 6.01. The maximum absolute atomic E-state index is 11.4. The van der Waals surface area contributed by atoms with Crippen LogP contribution in [0, 0.1) is 0 Å². The van der Waals surface area contributed by atoms with Gasteiger partial charge in [-0.2, -0.15) is 0 Å². The summed E-state index contributed by atoms with van der Waals surface area (Å²) in [6, 6.07) is 9.39. The number of carbonyl (C=O) groups is 1. The average molecular weight is 290 g/mol. The number of amides is 1. The fourth-order valence-corrected chi connectivity index (χ4v) is 2.47. The predicted molar refractivity (Wildman–Crippen MR) is 76.4 cm³/mol. The molecule has 3 N–H and O–H groups in total. The van der Waals surface area contributed by atoms with Gasteiger partial charge in [0.2, 0.25) is 0 Å². The van der Waals surface area contributed by atoms with Gasteiger partial charge in [0.25, 0.3) is 5.91 Å². The van der Waals surface area contributed by atoms with Crippen LogP contribution in [0.1, 0.15) is 16.1 Å². The minimum absolute atomic E-state index is 0.379. The van der Waals surface area contributed by atoms with Crippen molar-refractivity contribution in [3.05, 3.63) is 59.1 Å². The molecule has 0 fully saturated rings. The molecule has 0 unspecified atom stereocenters. The second-order valence-corrected chi connectivity index (χ2v) is 4.80. The number of hydrogen-bond donors (Lipinski definition) is 2. The Morgan fingerprint density at radius 3 is 3.05 bits per heavy atom. The summed E-state index contributed by atoms with van der Waals surface area (Å²) < 4.78 is 7.34. The highest BCUT2D eigenvalue weighted by Crippen LogP contribution is 2.25. The Morgan fingerprint density at radius 1 is 1.40 bits per heavy atom. The van der Waals surface area contributed by atoms with Gasteiger partial charge in [-0.1, -0.05) is 23.7 Å². The van der Waals surface area contributed by atoms with E-state index in [1.807, 2.05) is 35.0 Å². The first-order valence-corrected chi connectivity index (χ1v) is 6.38. The molecule has 6 heteroatoms. The van der Waals surface area contributed by atoms with Crippen LogP contribution in [0.2, 0.25) is 5.02 Å². The second-order valence-electron chi connectivity index (χ2n) is 4.40. The van der Waals surface area contributed by atoms with E-state index in [-0.39, 0.29) is 5.91 Å². The molecule has 0 radical (unpaired) electrons. The number of halogens is 1. The van der Waals surface area contributed by atoms with Gasteiger partial charge < -0.3 is 8.98 Å². The number of nitrogen functional groups attached to an aromatic ring is 1. The summed E-state index contributed by atoms with van der Waals surface area (Å²) in [6.45, 7) is 0.491. The van der Waals surface area contributed by atoms with Crippen LogP contribution in [-0.4, -0.2) is 10.5 Å². The Balaban J connectivity index is 1.93. The molecule has 0 saturated carbocycles. The lowest BCUT2D eigenvalue weighted by molar-refractivity contribution is 0.0953. The van der Waals surface area contributed by atoms with Crippen LogP contribution in [0.25, 0.3) is 10.9 Å². The van der Waals surface area contributed by atoms with Gasteiger partial charge in [0.05, 0.1) is 22.6 Å². The van der Waals surface area contributed by atoms with Gasteiger partial charge in [0.1, 0.15) is 12.0 Å². The number of carbonyl (C=O) groups excluding carboxylic acids is 1. The summed E-state index contributed by atoms with van der Waals surface area (Å²) in [5.74, 6) is 5.35. The van der Waals surface area contributed by atoms with Gasteiger partial charge in [-0.3, -0.25) is 10.2 Å². The van der Waals surface area contributed by atoms with Crippen LogP contribution in [0.3, 0.4) is 0 Å². The number of nitrogens with zero attached hydrogens (tertiary/aromatic N) is 1. The molecule has 2 heterocycles. The Kier molecular flexibility index (Phi) is 3.22. The van der Waals surface area contributed by atoms with E-state index in [1.165, 1.54) is 6.26 Å². The highest BCUT2D eigenvalue weighted by molar-refractivity contribution is 6.35. The molecule has 5 nitrogen and oxygen atoms in total. The molecule has 20 heavy (non-hydrogen) atoms. The molecule has 1 aromatic carbocycles. The molecule has 0 spiro atoms. The van der Waals surface area contributed by atoms with Crippen molar-refractivity contribution in [2.24, 2.45) is 5.84 Å². The maximum Gasteiger partial charge on any atom is 0.268 e. The van der Waals surface area contributed by atoms with Crippen LogP contribution in [0.4, 0.5) is 0 Å². The molecule has 0 aliphatic heterocycles. The number of benzene rings is 1. The number of aromatic nitrogens is 1. The molecule has 1 amide bonds. The fraction of sp³-hybridized carbons (Fsp3) is 0.0714. The standard InChI is InChI=1S/C14H12ClN3O2/c15-12-3-1-2-9-4-5-18(13(9)12)7-11-6-10(8-20-11)14(19)17-16/h1-6,8H,7,16H2,(H,17,19). The minimum Gasteiger partial charge on any atom is -0.467 e. The number of fused-ring (bicyclic) bond motifs is 1. The van der Waals surface area contributed by atoms with E-state index in [1.54, 1.807) is 6.07 Å². The summed E-state index contributed by atoms with van der Waals surface area (Å²) in [6.07, 6.45) is 3.31.